The van der Waals surface area contributed by atoms with E-state index in [2.05, 4.69) is 5.32 Å². The molecule has 1 fully saturated rings. The highest BCUT2D eigenvalue weighted by Crippen LogP contribution is 2.22. The Kier molecular flexibility index (Phi) is 4.92. The van der Waals surface area contributed by atoms with Crippen molar-refractivity contribution in [1.29, 1.82) is 0 Å². The summed E-state index contributed by atoms with van der Waals surface area (Å²) in [6.45, 7) is 0.913. The molecule has 0 unspecified atom stereocenters. The summed E-state index contributed by atoms with van der Waals surface area (Å²) >= 11 is 0. The fourth-order valence-electron chi connectivity index (χ4n) is 2.79. The SMILES string of the molecule is O=C(NCc1ccc(N2CCCC2=O)cc1)c1ccc(F)c([N+](=O)[O-])c1. The summed E-state index contributed by atoms with van der Waals surface area (Å²) < 4.78 is 13.3. The molecule has 2 aromatic carbocycles. The van der Waals surface area contributed by atoms with Gasteiger partial charge in [-0.15, -0.1) is 0 Å². The van der Waals surface area contributed by atoms with Crippen LogP contribution in [0.25, 0.3) is 0 Å². The summed E-state index contributed by atoms with van der Waals surface area (Å²) in [5.41, 5.74) is 0.900. The van der Waals surface area contributed by atoms with Crippen LogP contribution in [0, 0.1) is 15.9 Å². The van der Waals surface area contributed by atoms with Gasteiger partial charge in [0.2, 0.25) is 11.7 Å². The maximum Gasteiger partial charge on any atom is 0.305 e. The third-order valence-corrected chi connectivity index (χ3v) is 4.18. The summed E-state index contributed by atoms with van der Waals surface area (Å²) in [6.07, 6.45) is 1.40. The Balaban J connectivity index is 1.63. The summed E-state index contributed by atoms with van der Waals surface area (Å²) in [6, 6.07) is 10.2. The van der Waals surface area contributed by atoms with Crippen molar-refractivity contribution in [3.05, 3.63) is 69.5 Å². The average molecular weight is 357 g/mol. The normalized spacial score (nSPS) is 13.7. The van der Waals surface area contributed by atoms with Crippen molar-refractivity contribution < 1.29 is 18.9 Å². The van der Waals surface area contributed by atoms with Crippen molar-refractivity contribution in [2.24, 2.45) is 0 Å². The van der Waals surface area contributed by atoms with Gasteiger partial charge in [-0.25, -0.2) is 0 Å². The summed E-state index contributed by atoms with van der Waals surface area (Å²) in [7, 11) is 0. The first kappa shape index (κ1) is 17.5. The number of nitro groups is 1. The number of hydrogen-bond acceptors (Lipinski definition) is 4. The topological polar surface area (TPSA) is 92.6 Å². The number of nitro benzene ring substituents is 1. The Bertz CT molecular complexity index is 867. The molecule has 0 saturated carbocycles. The molecule has 1 saturated heterocycles. The molecule has 0 bridgehead atoms. The molecule has 0 aromatic heterocycles. The minimum Gasteiger partial charge on any atom is -0.348 e. The fourth-order valence-corrected chi connectivity index (χ4v) is 2.79. The second-order valence-electron chi connectivity index (χ2n) is 5.92. The van der Waals surface area contributed by atoms with Crippen LogP contribution in [-0.4, -0.2) is 23.3 Å². The standard InChI is InChI=1S/C18H16FN3O4/c19-15-8-5-13(10-16(15)22(25)26)18(24)20-11-12-3-6-14(7-4-12)21-9-1-2-17(21)23/h3-8,10H,1-2,9,11H2,(H,20,24). The molecule has 0 aliphatic carbocycles. The minimum absolute atomic E-state index is 0.0115. The van der Waals surface area contributed by atoms with Crippen molar-refractivity contribution >= 4 is 23.2 Å². The molecule has 2 aromatic rings. The zero-order valence-electron chi connectivity index (χ0n) is 13.8. The predicted molar refractivity (Wildman–Crippen MR) is 92.3 cm³/mol. The molecule has 8 heteroatoms. The molecule has 3 rings (SSSR count). The molecular weight excluding hydrogens is 341 g/mol. The van der Waals surface area contributed by atoms with Gasteiger partial charge in [-0.3, -0.25) is 19.7 Å². The van der Waals surface area contributed by atoms with Crippen LogP contribution in [0.2, 0.25) is 0 Å². The molecular formula is C18H16FN3O4. The first-order valence-electron chi connectivity index (χ1n) is 8.07. The number of carbonyl (C=O) groups excluding carboxylic acids is 2. The second kappa shape index (κ2) is 7.30. The fraction of sp³-hybridized carbons (Fsp3) is 0.222. The third kappa shape index (κ3) is 3.69. The lowest BCUT2D eigenvalue weighted by atomic mass is 10.1. The van der Waals surface area contributed by atoms with E-state index in [-0.39, 0.29) is 18.0 Å². The Morgan fingerprint density at radius 3 is 2.58 bits per heavy atom. The lowest BCUT2D eigenvalue weighted by Crippen LogP contribution is -2.24. The van der Waals surface area contributed by atoms with E-state index in [9.17, 15) is 24.1 Å². The Morgan fingerprint density at radius 2 is 1.96 bits per heavy atom. The number of anilines is 1. The number of halogens is 1. The Morgan fingerprint density at radius 1 is 1.23 bits per heavy atom. The number of rotatable bonds is 5. The highest BCUT2D eigenvalue weighted by atomic mass is 19.1. The number of nitrogens with zero attached hydrogens (tertiary/aromatic N) is 2. The van der Waals surface area contributed by atoms with Crippen LogP contribution in [0.15, 0.2) is 42.5 Å². The largest absolute Gasteiger partial charge is 0.348 e. The van der Waals surface area contributed by atoms with Gasteiger partial charge in [-0.1, -0.05) is 12.1 Å². The molecule has 0 spiro atoms. The van der Waals surface area contributed by atoms with Gasteiger partial charge in [0.1, 0.15) is 0 Å². The van der Waals surface area contributed by atoms with Crippen LogP contribution in [0.1, 0.15) is 28.8 Å². The molecule has 0 atom stereocenters. The van der Waals surface area contributed by atoms with E-state index in [1.54, 1.807) is 17.0 Å². The van der Waals surface area contributed by atoms with Gasteiger partial charge in [-0.05, 0) is 36.2 Å². The number of amides is 2. The van der Waals surface area contributed by atoms with Gasteiger partial charge >= 0.3 is 5.69 Å². The molecule has 134 valence electrons. The molecule has 1 N–H and O–H groups in total. The highest BCUT2D eigenvalue weighted by molar-refractivity contribution is 5.95. The first-order chi connectivity index (χ1) is 12.5. The van der Waals surface area contributed by atoms with E-state index in [0.29, 0.717) is 13.0 Å². The van der Waals surface area contributed by atoms with E-state index in [1.165, 1.54) is 6.07 Å². The van der Waals surface area contributed by atoms with Gasteiger partial charge in [0.15, 0.2) is 0 Å². The van der Waals surface area contributed by atoms with Gasteiger partial charge < -0.3 is 10.2 Å². The van der Waals surface area contributed by atoms with E-state index in [0.717, 1.165) is 29.8 Å². The van der Waals surface area contributed by atoms with Crippen LogP contribution in [0.5, 0.6) is 0 Å². The Hall–Kier alpha value is -3.29. The van der Waals surface area contributed by atoms with Gasteiger partial charge in [0, 0.05) is 36.8 Å². The van der Waals surface area contributed by atoms with Crippen molar-refractivity contribution in [3.8, 4) is 0 Å². The van der Waals surface area contributed by atoms with Crippen LogP contribution in [0.3, 0.4) is 0 Å². The highest BCUT2D eigenvalue weighted by Gasteiger charge is 2.21. The zero-order valence-corrected chi connectivity index (χ0v) is 13.8. The molecule has 2 amide bonds. The van der Waals surface area contributed by atoms with E-state index in [1.807, 2.05) is 12.1 Å². The molecule has 26 heavy (non-hydrogen) atoms. The summed E-state index contributed by atoms with van der Waals surface area (Å²) in [4.78, 5) is 35.4. The molecule has 1 heterocycles. The van der Waals surface area contributed by atoms with E-state index < -0.39 is 22.3 Å². The zero-order chi connectivity index (χ0) is 18.7. The quantitative estimate of drug-likeness (QED) is 0.658. The van der Waals surface area contributed by atoms with E-state index >= 15 is 0 Å². The van der Waals surface area contributed by atoms with Gasteiger partial charge in [-0.2, -0.15) is 4.39 Å². The molecule has 1 aliphatic rings. The predicted octanol–water partition coefficient (Wildman–Crippen LogP) is 2.79. The average Bonchev–Trinajstić information content (AvgIpc) is 3.06. The van der Waals surface area contributed by atoms with Crippen molar-refractivity contribution in [2.75, 3.05) is 11.4 Å². The number of carbonyl (C=O) groups is 2. The lowest BCUT2D eigenvalue weighted by molar-refractivity contribution is -0.387. The summed E-state index contributed by atoms with van der Waals surface area (Å²) in [5.74, 6) is -1.42. The number of hydrogen-bond donors (Lipinski definition) is 1. The van der Waals surface area contributed by atoms with Crippen molar-refractivity contribution in [2.45, 2.75) is 19.4 Å². The maximum absolute atomic E-state index is 13.3. The third-order valence-electron chi connectivity index (χ3n) is 4.18. The van der Waals surface area contributed by atoms with E-state index in [4.69, 9.17) is 0 Å². The number of benzene rings is 2. The van der Waals surface area contributed by atoms with Crippen LogP contribution < -0.4 is 10.2 Å². The van der Waals surface area contributed by atoms with Gasteiger partial charge in [0.05, 0.1) is 4.92 Å². The van der Waals surface area contributed by atoms with Crippen molar-refractivity contribution in [3.63, 3.8) is 0 Å². The molecule has 1 aliphatic heterocycles. The van der Waals surface area contributed by atoms with Crippen LogP contribution in [-0.2, 0) is 11.3 Å². The lowest BCUT2D eigenvalue weighted by Gasteiger charge is -2.16. The Labute approximate surface area is 148 Å². The summed E-state index contributed by atoms with van der Waals surface area (Å²) in [5, 5.41) is 13.4. The molecule has 7 nitrogen and oxygen atoms in total. The van der Waals surface area contributed by atoms with Crippen LogP contribution in [0.4, 0.5) is 15.8 Å². The first-order valence-corrected chi connectivity index (χ1v) is 8.07. The minimum atomic E-state index is -0.987. The molecule has 0 radical (unpaired) electrons. The van der Waals surface area contributed by atoms with Crippen molar-refractivity contribution in [1.82, 2.24) is 5.32 Å². The smallest absolute Gasteiger partial charge is 0.305 e. The number of nitrogens with one attached hydrogen (secondary N) is 1. The van der Waals surface area contributed by atoms with Crippen LogP contribution >= 0.6 is 0 Å². The maximum atomic E-state index is 13.3. The second-order valence-corrected chi connectivity index (χ2v) is 5.92. The van der Waals surface area contributed by atoms with Gasteiger partial charge in [0.25, 0.3) is 5.91 Å². The monoisotopic (exact) mass is 357 g/mol.